The summed E-state index contributed by atoms with van der Waals surface area (Å²) in [7, 11) is 0. The van der Waals surface area contributed by atoms with Gasteiger partial charge in [-0.3, -0.25) is 9.59 Å². The maximum Gasteiger partial charge on any atom is 0.308 e. The number of phenols is 1. The number of carbonyl (C=O) groups excluding carboxylic acids is 2. The van der Waals surface area contributed by atoms with Crippen molar-refractivity contribution in [2.24, 2.45) is 0 Å². The van der Waals surface area contributed by atoms with Gasteiger partial charge in [0.2, 0.25) is 0 Å². The fraction of sp³-hybridized carbons (Fsp3) is 0.643. The second-order valence-electron chi connectivity index (χ2n) is 10.4. The zero-order valence-corrected chi connectivity index (χ0v) is 25.0. The molecule has 35 heavy (non-hydrogen) atoms. The Morgan fingerprint density at radius 1 is 1.06 bits per heavy atom. The van der Waals surface area contributed by atoms with Crippen molar-refractivity contribution < 1.29 is 24.2 Å². The van der Waals surface area contributed by atoms with Gasteiger partial charge >= 0.3 is 11.9 Å². The molecule has 0 heterocycles. The number of aromatic hydroxyl groups is 1. The Bertz CT molecular complexity index is 932. The van der Waals surface area contributed by atoms with E-state index in [2.05, 4.69) is 47.6 Å². The summed E-state index contributed by atoms with van der Waals surface area (Å²) < 4.78 is 10.9. The summed E-state index contributed by atoms with van der Waals surface area (Å²) in [6.07, 6.45) is 4.41. The quantitative estimate of drug-likeness (QED) is 0.129. The number of benzene rings is 1. The number of carbonyl (C=O) groups is 2. The molecule has 5 nitrogen and oxygen atoms in total. The Morgan fingerprint density at radius 3 is 2.14 bits per heavy atom. The van der Waals surface area contributed by atoms with E-state index >= 15 is 0 Å². The van der Waals surface area contributed by atoms with Gasteiger partial charge in [0, 0.05) is 35.8 Å². The van der Waals surface area contributed by atoms with E-state index in [9.17, 15) is 14.7 Å². The van der Waals surface area contributed by atoms with Crippen molar-refractivity contribution in [2.75, 3.05) is 0 Å². The highest BCUT2D eigenvalue weighted by molar-refractivity contribution is 8.17. The highest BCUT2D eigenvalue weighted by Gasteiger charge is 2.37. The molecule has 0 saturated carbocycles. The zero-order valence-electron chi connectivity index (χ0n) is 23.3. The van der Waals surface area contributed by atoms with Crippen molar-refractivity contribution in [2.45, 2.75) is 116 Å². The first kappa shape index (κ1) is 31.4. The lowest BCUT2D eigenvalue weighted by Gasteiger charge is -2.37. The smallest absolute Gasteiger partial charge is 0.308 e. The fourth-order valence-electron chi connectivity index (χ4n) is 3.97. The molecule has 0 aliphatic heterocycles. The molecule has 0 fully saturated rings. The minimum absolute atomic E-state index is 0.0965. The molecule has 0 radical (unpaired) electrons. The maximum absolute atomic E-state index is 12.0. The standard InChI is InChI=1S/C28H44O5S2/c1-17(2)13-12-14-28(11,33-22(8)30)16-25(34-18(3)4)35-27(9,10)23-15-24(32-21(7)29)19(5)20(6)26(23)31/h13,15,18,25,31H,12,14,16H2,1-11H3/t25?,28-/m1/s1. The maximum atomic E-state index is 12.0. The van der Waals surface area contributed by atoms with Gasteiger partial charge in [-0.15, -0.1) is 23.5 Å². The molecule has 0 aliphatic rings. The van der Waals surface area contributed by atoms with Crippen molar-refractivity contribution >= 4 is 35.5 Å². The van der Waals surface area contributed by atoms with Crippen LogP contribution in [0.15, 0.2) is 17.7 Å². The van der Waals surface area contributed by atoms with Crippen LogP contribution in [0.2, 0.25) is 0 Å². The molecule has 1 unspecified atom stereocenters. The SMILES string of the molecule is CC(=O)Oc1cc(C(C)(C)SC(C[C@@](C)(CCC=C(C)C)OC(C)=O)SC(C)C)c(O)c(C)c1C. The number of esters is 2. The van der Waals surface area contributed by atoms with Crippen LogP contribution in [0.4, 0.5) is 0 Å². The van der Waals surface area contributed by atoms with Crippen LogP contribution < -0.4 is 4.74 Å². The molecule has 0 aromatic heterocycles. The van der Waals surface area contributed by atoms with Crippen LogP contribution in [0.1, 0.15) is 98.3 Å². The summed E-state index contributed by atoms with van der Waals surface area (Å²) in [6, 6.07) is 1.78. The number of ether oxygens (including phenoxy) is 2. The van der Waals surface area contributed by atoms with Crippen LogP contribution in [0.25, 0.3) is 0 Å². The first-order valence-electron chi connectivity index (χ1n) is 12.2. The Morgan fingerprint density at radius 2 is 1.66 bits per heavy atom. The van der Waals surface area contributed by atoms with Gasteiger partial charge in [-0.2, -0.15) is 0 Å². The zero-order chi connectivity index (χ0) is 27.1. The first-order valence-corrected chi connectivity index (χ1v) is 14.0. The monoisotopic (exact) mass is 524 g/mol. The van der Waals surface area contributed by atoms with Crippen LogP contribution in [-0.2, 0) is 19.1 Å². The second-order valence-corrected chi connectivity index (χ2v) is 14.3. The van der Waals surface area contributed by atoms with Crippen LogP contribution in [0.3, 0.4) is 0 Å². The molecule has 0 amide bonds. The number of allylic oxidation sites excluding steroid dienone is 2. The van der Waals surface area contributed by atoms with Gasteiger partial charge in [0.1, 0.15) is 17.1 Å². The molecule has 0 aliphatic carbocycles. The Kier molecular flexibility index (Phi) is 11.8. The van der Waals surface area contributed by atoms with Crippen molar-refractivity contribution in [3.63, 3.8) is 0 Å². The van der Waals surface area contributed by atoms with Crippen LogP contribution >= 0.6 is 23.5 Å². The minimum atomic E-state index is -0.610. The molecule has 7 heteroatoms. The Labute approximate surface area is 220 Å². The van der Waals surface area contributed by atoms with E-state index in [1.807, 2.05) is 32.5 Å². The normalized spacial score (nSPS) is 14.3. The number of hydrogen-bond donors (Lipinski definition) is 1. The summed E-state index contributed by atoms with van der Waals surface area (Å²) in [6.45, 7) is 21.1. The number of hydrogen-bond acceptors (Lipinski definition) is 7. The largest absolute Gasteiger partial charge is 0.507 e. The van der Waals surface area contributed by atoms with E-state index in [1.54, 1.807) is 17.8 Å². The van der Waals surface area contributed by atoms with E-state index < -0.39 is 16.3 Å². The molecule has 0 spiro atoms. The number of rotatable bonds is 12. The molecule has 0 bridgehead atoms. The Hall–Kier alpha value is -1.60. The van der Waals surface area contributed by atoms with E-state index in [1.165, 1.54) is 19.4 Å². The summed E-state index contributed by atoms with van der Waals surface area (Å²) in [4.78, 5) is 23.6. The van der Waals surface area contributed by atoms with Gasteiger partial charge < -0.3 is 14.6 Å². The summed E-state index contributed by atoms with van der Waals surface area (Å²) in [5.41, 5.74) is 2.80. The van der Waals surface area contributed by atoms with Crippen molar-refractivity contribution in [3.8, 4) is 11.5 Å². The van der Waals surface area contributed by atoms with Gasteiger partial charge in [-0.05, 0) is 78.5 Å². The molecule has 198 valence electrons. The second kappa shape index (κ2) is 13.1. The minimum Gasteiger partial charge on any atom is -0.507 e. The molecular weight excluding hydrogens is 480 g/mol. The highest BCUT2D eigenvalue weighted by Crippen LogP contribution is 2.50. The predicted octanol–water partition coefficient (Wildman–Crippen LogP) is 7.83. The van der Waals surface area contributed by atoms with Crippen molar-refractivity contribution in [1.29, 1.82) is 0 Å². The Balaban J connectivity index is 3.37. The van der Waals surface area contributed by atoms with E-state index in [0.29, 0.717) is 23.0 Å². The van der Waals surface area contributed by atoms with Crippen LogP contribution in [0.5, 0.6) is 11.5 Å². The summed E-state index contributed by atoms with van der Waals surface area (Å²) in [5.74, 6) is 0.0166. The van der Waals surface area contributed by atoms with E-state index in [-0.39, 0.29) is 16.3 Å². The average molecular weight is 525 g/mol. The topological polar surface area (TPSA) is 72.8 Å². The molecule has 1 aromatic rings. The van der Waals surface area contributed by atoms with Gasteiger partial charge in [0.05, 0.1) is 4.58 Å². The molecule has 1 rings (SSSR count). The molecule has 1 N–H and O–H groups in total. The van der Waals surface area contributed by atoms with Crippen LogP contribution in [-0.4, -0.2) is 32.5 Å². The third-order valence-electron chi connectivity index (χ3n) is 5.78. The number of thioether (sulfide) groups is 2. The average Bonchev–Trinajstić information content (AvgIpc) is 2.65. The van der Waals surface area contributed by atoms with Crippen molar-refractivity contribution in [3.05, 3.63) is 34.4 Å². The van der Waals surface area contributed by atoms with Gasteiger partial charge in [0.25, 0.3) is 0 Å². The van der Waals surface area contributed by atoms with E-state index in [0.717, 1.165) is 24.0 Å². The lowest BCUT2D eigenvalue weighted by molar-refractivity contribution is -0.156. The van der Waals surface area contributed by atoms with Crippen molar-refractivity contribution in [1.82, 2.24) is 0 Å². The number of phenolic OH excluding ortho intramolecular Hbond substituents is 1. The third-order valence-corrected chi connectivity index (χ3v) is 8.66. The van der Waals surface area contributed by atoms with Gasteiger partial charge in [-0.1, -0.05) is 25.5 Å². The first-order chi connectivity index (χ1) is 16.0. The third kappa shape index (κ3) is 10.1. The van der Waals surface area contributed by atoms with Gasteiger partial charge in [0.15, 0.2) is 0 Å². The lowest BCUT2D eigenvalue weighted by Crippen LogP contribution is -2.35. The summed E-state index contributed by atoms with van der Waals surface area (Å²) in [5, 5.41) is 11.4. The molecule has 0 saturated heterocycles. The molecule has 1 aromatic carbocycles. The van der Waals surface area contributed by atoms with Crippen LogP contribution in [0, 0.1) is 13.8 Å². The lowest BCUT2D eigenvalue weighted by atomic mass is 9.95. The summed E-state index contributed by atoms with van der Waals surface area (Å²) >= 11 is 3.57. The highest BCUT2D eigenvalue weighted by atomic mass is 32.2. The predicted molar refractivity (Wildman–Crippen MR) is 149 cm³/mol. The molecule has 2 atom stereocenters. The van der Waals surface area contributed by atoms with E-state index in [4.69, 9.17) is 9.47 Å². The fourth-order valence-corrected chi connectivity index (χ4v) is 8.01. The van der Waals surface area contributed by atoms with Gasteiger partial charge in [-0.25, -0.2) is 0 Å². The molecular formula is C28H44O5S2.